The standard InChI is InChI=1S/C19H14N2O3/c1-12-20-16-11-14(7-8-17(16)24-12)21-19(22)18-15(9-10-23-18)13-5-3-2-4-6-13/h2-11H,1H3,(H,21,22). The molecule has 1 amide bonds. The lowest BCUT2D eigenvalue weighted by atomic mass is 10.1. The molecule has 0 radical (unpaired) electrons. The molecule has 2 aromatic carbocycles. The molecule has 5 heteroatoms. The van der Waals surface area contributed by atoms with E-state index in [-0.39, 0.29) is 11.7 Å². The van der Waals surface area contributed by atoms with Crippen LogP contribution in [-0.2, 0) is 0 Å². The second kappa shape index (κ2) is 5.70. The van der Waals surface area contributed by atoms with E-state index in [2.05, 4.69) is 10.3 Å². The van der Waals surface area contributed by atoms with E-state index < -0.39 is 0 Å². The van der Waals surface area contributed by atoms with Gasteiger partial charge >= 0.3 is 0 Å². The number of nitrogens with one attached hydrogen (secondary N) is 1. The number of oxazole rings is 1. The highest BCUT2D eigenvalue weighted by molar-refractivity contribution is 6.07. The van der Waals surface area contributed by atoms with Crippen LogP contribution in [-0.4, -0.2) is 10.9 Å². The first kappa shape index (κ1) is 14.3. The van der Waals surface area contributed by atoms with Crippen molar-refractivity contribution in [2.45, 2.75) is 6.92 Å². The maximum atomic E-state index is 12.6. The van der Waals surface area contributed by atoms with E-state index in [1.807, 2.05) is 30.3 Å². The van der Waals surface area contributed by atoms with Crippen molar-refractivity contribution in [1.29, 1.82) is 0 Å². The number of carbonyl (C=O) groups excluding carboxylic acids is 1. The Morgan fingerprint density at radius 2 is 1.92 bits per heavy atom. The van der Waals surface area contributed by atoms with Crippen LogP contribution >= 0.6 is 0 Å². The van der Waals surface area contributed by atoms with Crippen molar-refractivity contribution in [3.63, 3.8) is 0 Å². The number of aryl methyl sites for hydroxylation is 1. The molecular formula is C19H14N2O3. The molecule has 0 atom stereocenters. The van der Waals surface area contributed by atoms with Crippen LogP contribution in [0.25, 0.3) is 22.2 Å². The van der Waals surface area contributed by atoms with Crippen LogP contribution in [0.1, 0.15) is 16.4 Å². The van der Waals surface area contributed by atoms with Crippen LogP contribution in [0.15, 0.2) is 69.7 Å². The summed E-state index contributed by atoms with van der Waals surface area (Å²) in [5, 5.41) is 2.84. The van der Waals surface area contributed by atoms with Gasteiger partial charge in [0.15, 0.2) is 17.2 Å². The van der Waals surface area contributed by atoms with Crippen molar-refractivity contribution in [2.75, 3.05) is 5.32 Å². The summed E-state index contributed by atoms with van der Waals surface area (Å²) in [6, 6.07) is 16.8. The molecule has 118 valence electrons. The van der Waals surface area contributed by atoms with E-state index in [0.29, 0.717) is 22.7 Å². The van der Waals surface area contributed by atoms with E-state index in [1.165, 1.54) is 6.26 Å². The smallest absolute Gasteiger partial charge is 0.292 e. The van der Waals surface area contributed by atoms with Crippen molar-refractivity contribution in [2.24, 2.45) is 0 Å². The molecule has 0 saturated heterocycles. The molecule has 2 aromatic heterocycles. The van der Waals surface area contributed by atoms with Crippen LogP contribution < -0.4 is 5.32 Å². The number of rotatable bonds is 3. The zero-order valence-electron chi connectivity index (χ0n) is 12.9. The number of hydrogen-bond acceptors (Lipinski definition) is 4. The molecular weight excluding hydrogens is 304 g/mol. The first-order valence-electron chi connectivity index (χ1n) is 7.52. The molecule has 1 N–H and O–H groups in total. The monoisotopic (exact) mass is 318 g/mol. The van der Waals surface area contributed by atoms with Gasteiger partial charge < -0.3 is 14.2 Å². The second-order valence-corrected chi connectivity index (χ2v) is 5.40. The van der Waals surface area contributed by atoms with Gasteiger partial charge in [0.1, 0.15) is 5.52 Å². The molecule has 0 fully saturated rings. The van der Waals surface area contributed by atoms with E-state index in [4.69, 9.17) is 8.83 Å². The third kappa shape index (κ3) is 2.56. The normalized spacial score (nSPS) is 10.9. The van der Waals surface area contributed by atoms with Gasteiger partial charge in [-0.05, 0) is 29.8 Å². The zero-order chi connectivity index (χ0) is 16.5. The minimum absolute atomic E-state index is 0.276. The maximum Gasteiger partial charge on any atom is 0.292 e. The predicted molar refractivity (Wildman–Crippen MR) is 90.8 cm³/mol. The molecule has 0 aliphatic carbocycles. The van der Waals surface area contributed by atoms with Gasteiger partial charge in [-0.3, -0.25) is 4.79 Å². The Kier molecular flexibility index (Phi) is 3.39. The minimum atomic E-state index is -0.307. The lowest BCUT2D eigenvalue weighted by Gasteiger charge is -2.05. The third-order valence-electron chi connectivity index (χ3n) is 3.71. The first-order valence-corrected chi connectivity index (χ1v) is 7.52. The van der Waals surface area contributed by atoms with Gasteiger partial charge in [-0.2, -0.15) is 0 Å². The molecule has 24 heavy (non-hydrogen) atoms. The van der Waals surface area contributed by atoms with Gasteiger partial charge in [0, 0.05) is 18.2 Å². The third-order valence-corrected chi connectivity index (χ3v) is 3.71. The maximum absolute atomic E-state index is 12.6. The highest BCUT2D eigenvalue weighted by atomic mass is 16.3. The second-order valence-electron chi connectivity index (χ2n) is 5.40. The molecule has 0 saturated carbocycles. The van der Waals surface area contributed by atoms with E-state index >= 15 is 0 Å². The molecule has 4 aromatic rings. The van der Waals surface area contributed by atoms with E-state index in [0.717, 1.165) is 11.1 Å². The lowest BCUT2D eigenvalue weighted by molar-refractivity contribution is 0.0997. The Balaban J connectivity index is 1.63. The molecule has 0 spiro atoms. The van der Waals surface area contributed by atoms with Gasteiger partial charge in [0.2, 0.25) is 0 Å². The summed E-state index contributed by atoms with van der Waals surface area (Å²) in [4.78, 5) is 16.8. The Bertz CT molecular complexity index is 1020. The summed E-state index contributed by atoms with van der Waals surface area (Å²) in [5.41, 5.74) is 3.71. The fourth-order valence-electron chi connectivity index (χ4n) is 2.64. The topological polar surface area (TPSA) is 68.3 Å². The van der Waals surface area contributed by atoms with Gasteiger partial charge in [-0.25, -0.2) is 4.98 Å². The molecule has 0 aliphatic rings. The number of furan rings is 1. The first-order chi connectivity index (χ1) is 11.7. The summed E-state index contributed by atoms with van der Waals surface area (Å²) in [7, 11) is 0. The lowest BCUT2D eigenvalue weighted by Crippen LogP contribution is -2.11. The molecule has 2 heterocycles. The number of carbonyl (C=O) groups is 1. The summed E-state index contributed by atoms with van der Waals surface area (Å²) in [6.45, 7) is 1.78. The van der Waals surface area contributed by atoms with Gasteiger partial charge in [0.25, 0.3) is 5.91 Å². The Morgan fingerprint density at radius 1 is 1.08 bits per heavy atom. The van der Waals surface area contributed by atoms with Gasteiger partial charge in [-0.1, -0.05) is 30.3 Å². The summed E-state index contributed by atoms with van der Waals surface area (Å²) < 4.78 is 10.8. The van der Waals surface area contributed by atoms with Crippen molar-refractivity contribution >= 4 is 22.7 Å². The minimum Gasteiger partial charge on any atom is -0.459 e. The van der Waals surface area contributed by atoms with Crippen molar-refractivity contribution in [3.8, 4) is 11.1 Å². The van der Waals surface area contributed by atoms with E-state index in [1.54, 1.807) is 31.2 Å². The highest BCUT2D eigenvalue weighted by Gasteiger charge is 2.17. The number of nitrogens with zero attached hydrogens (tertiary/aromatic N) is 1. The number of hydrogen-bond donors (Lipinski definition) is 1. The average Bonchev–Trinajstić information content (AvgIpc) is 3.21. The molecule has 0 aliphatic heterocycles. The number of fused-ring (bicyclic) bond motifs is 1. The van der Waals surface area contributed by atoms with Crippen LogP contribution in [0.5, 0.6) is 0 Å². The zero-order valence-corrected chi connectivity index (χ0v) is 12.9. The number of aromatic nitrogens is 1. The average molecular weight is 318 g/mol. The number of anilines is 1. The summed E-state index contributed by atoms with van der Waals surface area (Å²) in [6.07, 6.45) is 1.52. The van der Waals surface area contributed by atoms with E-state index in [9.17, 15) is 4.79 Å². The van der Waals surface area contributed by atoms with Crippen LogP contribution in [0.4, 0.5) is 5.69 Å². The quantitative estimate of drug-likeness (QED) is 0.597. The van der Waals surface area contributed by atoms with Crippen LogP contribution in [0.2, 0.25) is 0 Å². The molecule has 5 nitrogen and oxygen atoms in total. The number of amides is 1. The predicted octanol–water partition coefficient (Wildman–Crippen LogP) is 4.65. The molecule has 4 rings (SSSR count). The Morgan fingerprint density at radius 3 is 2.75 bits per heavy atom. The number of benzene rings is 2. The fourth-order valence-corrected chi connectivity index (χ4v) is 2.64. The van der Waals surface area contributed by atoms with Crippen LogP contribution in [0, 0.1) is 6.92 Å². The van der Waals surface area contributed by atoms with Crippen molar-refractivity contribution < 1.29 is 13.6 Å². The molecule has 0 unspecified atom stereocenters. The van der Waals surface area contributed by atoms with Crippen molar-refractivity contribution in [1.82, 2.24) is 4.98 Å². The van der Waals surface area contributed by atoms with Crippen LogP contribution in [0.3, 0.4) is 0 Å². The summed E-state index contributed by atoms with van der Waals surface area (Å²) in [5.74, 6) is 0.557. The largest absolute Gasteiger partial charge is 0.459 e. The SMILES string of the molecule is Cc1nc2cc(NC(=O)c3occc3-c3ccccc3)ccc2o1. The van der Waals surface area contributed by atoms with Crippen molar-refractivity contribution in [3.05, 3.63) is 72.5 Å². The summed E-state index contributed by atoms with van der Waals surface area (Å²) >= 11 is 0. The van der Waals surface area contributed by atoms with Gasteiger partial charge in [0.05, 0.1) is 6.26 Å². The van der Waals surface area contributed by atoms with Gasteiger partial charge in [-0.15, -0.1) is 0 Å². The molecule has 0 bridgehead atoms. The Labute approximate surface area is 137 Å². The fraction of sp³-hybridized carbons (Fsp3) is 0.0526. The Hall–Kier alpha value is -3.34. The highest BCUT2D eigenvalue weighted by Crippen LogP contribution is 2.26.